The van der Waals surface area contributed by atoms with Crippen LogP contribution in [0.1, 0.15) is 44.0 Å². The van der Waals surface area contributed by atoms with Crippen molar-refractivity contribution in [1.82, 2.24) is 9.13 Å². The van der Waals surface area contributed by atoms with E-state index < -0.39 is 17.6 Å². The van der Waals surface area contributed by atoms with Gasteiger partial charge in [0.25, 0.3) is 0 Å². The van der Waals surface area contributed by atoms with E-state index in [0.29, 0.717) is 12.2 Å². The summed E-state index contributed by atoms with van der Waals surface area (Å²) < 4.78 is 22.8. The minimum absolute atomic E-state index is 0.0391. The topological polar surface area (TPSA) is 60.0 Å². The molecule has 2 atom stereocenters. The Hall–Kier alpha value is -2.70. The Bertz CT molecular complexity index is 1010. The molecule has 0 saturated carbocycles. The standard InChI is InChI=1S/C19H17ClFN3O2/c1-4-12(3)26-17-9-15(14(21)8-13(17)20)24-16(10-22)18-11(2)6-5-7-23(18)19(24)25/h1,8-9,11-12H,5-7H2,2-3H3. The van der Waals surface area contributed by atoms with Crippen LogP contribution in [0, 0.1) is 29.5 Å². The monoisotopic (exact) mass is 373 g/mol. The van der Waals surface area contributed by atoms with Gasteiger partial charge in [-0.05, 0) is 31.7 Å². The molecule has 26 heavy (non-hydrogen) atoms. The number of hydrogen-bond donors (Lipinski definition) is 0. The largest absolute Gasteiger partial charge is 0.476 e. The van der Waals surface area contributed by atoms with Gasteiger partial charge in [-0.1, -0.05) is 24.4 Å². The van der Waals surface area contributed by atoms with Crippen molar-refractivity contribution in [3.05, 3.63) is 44.8 Å². The van der Waals surface area contributed by atoms with Gasteiger partial charge in [0, 0.05) is 12.6 Å². The van der Waals surface area contributed by atoms with E-state index in [1.807, 2.05) is 6.92 Å². The molecule has 134 valence electrons. The van der Waals surface area contributed by atoms with Gasteiger partial charge in [-0.2, -0.15) is 5.26 Å². The van der Waals surface area contributed by atoms with Crippen LogP contribution in [0.25, 0.3) is 5.69 Å². The zero-order valence-corrected chi connectivity index (χ0v) is 15.2. The number of halogens is 2. The summed E-state index contributed by atoms with van der Waals surface area (Å²) in [6.45, 7) is 4.11. The van der Waals surface area contributed by atoms with Gasteiger partial charge in [-0.15, -0.1) is 6.42 Å². The zero-order chi connectivity index (χ0) is 19.0. The molecule has 0 bridgehead atoms. The lowest BCUT2D eigenvalue weighted by atomic mass is 9.96. The van der Waals surface area contributed by atoms with Crippen LogP contribution in [-0.2, 0) is 6.54 Å². The Labute approximate surface area is 155 Å². The van der Waals surface area contributed by atoms with Crippen molar-refractivity contribution in [3.8, 4) is 29.8 Å². The first-order valence-corrected chi connectivity index (χ1v) is 8.64. The summed E-state index contributed by atoms with van der Waals surface area (Å²) in [5, 5.41) is 9.67. The van der Waals surface area contributed by atoms with Crippen molar-refractivity contribution in [3.63, 3.8) is 0 Å². The third kappa shape index (κ3) is 2.87. The number of nitriles is 1. The molecule has 0 aliphatic carbocycles. The van der Waals surface area contributed by atoms with Crippen LogP contribution in [0.3, 0.4) is 0 Å². The second-order valence-corrected chi connectivity index (χ2v) is 6.73. The summed E-state index contributed by atoms with van der Waals surface area (Å²) in [7, 11) is 0. The molecule has 5 nitrogen and oxygen atoms in total. The number of terminal acetylenes is 1. The van der Waals surface area contributed by atoms with E-state index in [1.54, 1.807) is 11.5 Å². The highest BCUT2D eigenvalue weighted by molar-refractivity contribution is 6.32. The number of hydrogen-bond acceptors (Lipinski definition) is 3. The predicted octanol–water partition coefficient (Wildman–Crippen LogP) is 3.60. The fraction of sp³-hybridized carbons (Fsp3) is 0.368. The quantitative estimate of drug-likeness (QED) is 0.772. The lowest BCUT2D eigenvalue weighted by Gasteiger charge is -2.19. The van der Waals surface area contributed by atoms with E-state index in [4.69, 9.17) is 22.8 Å². The van der Waals surface area contributed by atoms with Crippen molar-refractivity contribution in [2.24, 2.45) is 0 Å². The minimum atomic E-state index is -0.718. The zero-order valence-electron chi connectivity index (χ0n) is 14.4. The van der Waals surface area contributed by atoms with Crippen LogP contribution < -0.4 is 10.4 Å². The van der Waals surface area contributed by atoms with E-state index in [-0.39, 0.29) is 28.1 Å². The first kappa shape index (κ1) is 18.1. The van der Waals surface area contributed by atoms with Crippen LogP contribution >= 0.6 is 11.6 Å². The number of rotatable bonds is 3. The third-order valence-corrected chi connectivity index (χ3v) is 4.85. The highest BCUT2D eigenvalue weighted by Crippen LogP contribution is 2.33. The molecular weight excluding hydrogens is 357 g/mol. The molecule has 0 spiro atoms. The first-order chi connectivity index (χ1) is 12.4. The number of benzene rings is 1. The summed E-state index contributed by atoms with van der Waals surface area (Å²) in [5.41, 5.74) is 0.251. The molecule has 1 aliphatic rings. The number of aromatic nitrogens is 2. The average Bonchev–Trinajstić information content (AvgIpc) is 2.90. The van der Waals surface area contributed by atoms with Gasteiger partial charge in [0.2, 0.25) is 0 Å². The van der Waals surface area contributed by atoms with Gasteiger partial charge in [-0.25, -0.2) is 13.8 Å². The van der Waals surface area contributed by atoms with E-state index in [2.05, 4.69) is 12.0 Å². The highest BCUT2D eigenvalue weighted by atomic mass is 35.5. The van der Waals surface area contributed by atoms with Gasteiger partial charge in [-0.3, -0.25) is 4.57 Å². The smallest absolute Gasteiger partial charge is 0.334 e. The van der Waals surface area contributed by atoms with Gasteiger partial charge in [0.1, 0.15) is 23.3 Å². The van der Waals surface area contributed by atoms with Crippen molar-refractivity contribution in [2.45, 2.75) is 45.3 Å². The molecule has 1 aromatic heterocycles. The molecule has 2 unspecified atom stereocenters. The fourth-order valence-corrected chi connectivity index (χ4v) is 3.50. The Morgan fingerprint density at radius 3 is 2.88 bits per heavy atom. The first-order valence-electron chi connectivity index (χ1n) is 8.26. The number of nitrogens with zero attached hydrogens (tertiary/aromatic N) is 3. The maximum absolute atomic E-state index is 14.6. The highest BCUT2D eigenvalue weighted by Gasteiger charge is 2.29. The molecule has 0 N–H and O–H groups in total. The molecule has 0 amide bonds. The number of ether oxygens (including phenoxy) is 1. The molecule has 1 aromatic carbocycles. The Morgan fingerprint density at radius 1 is 1.50 bits per heavy atom. The van der Waals surface area contributed by atoms with Crippen LogP contribution in [0.2, 0.25) is 5.02 Å². The maximum atomic E-state index is 14.6. The predicted molar refractivity (Wildman–Crippen MR) is 96.3 cm³/mol. The molecule has 7 heteroatoms. The summed E-state index contributed by atoms with van der Waals surface area (Å²) in [5.74, 6) is 1.87. The van der Waals surface area contributed by atoms with Crippen LogP contribution in [0.4, 0.5) is 4.39 Å². The third-order valence-electron chi connectivity index (χ3n) is 4.55. The van der Waals surface area contributed by atoms with Crippen LogP contribution in [-0.4, -0.2) is 15.2 Å². The van der Waals surface area contributed by atoms with Crippen molar-refractivity contribution in [2.75, 3.05) is 0 Å². The lowest BCUT2D eigenvalue weighted by Crippen LogP contribution is -2.27. The number of fused-ring (bicyclic) bond motifs is 1. The summed E-state index contributed by atoms with van der Waals surface area (Å²) in [4.78, 5) is 12.9. The van der Waals surface area contributed by atoms with Crippen molar-refractivity contribution >= 4 is 11.6 Å². The van der Waals surface area contributed by atoms with Gasteiger partial charge >= 0.3 is 5.69 Å². The molecule has 2 aromatic rings. The summed E-state index contributed by atoms with van der Waals surface area (Å²) in [6, 6.07) is 4.42. The SMILES string of the molecule is C#CC(C)Oc1cc(-n2c(C#N)c3n(c2=O)CCCC3C)c(F)cc1Cl. The van der Waals surface area contributed by atoms with Crippen molar-refractivity contribution in [1.29, 1.82) is 5.26 Å². The number of imidazole rings is 1. The summed E-state index contributed by atoms with van der Waals surface area (Å²) in [6.07, 6.45) is 6.43. The van der Waals surface area contributed by atoms with Crippen molar-refractivity contribution < 1.29 is 9.13 Å². The van der Waals surface area contributed by atoms with E-state index in [9.17, 15) is 14.4 Å². The second-order valence-electron chi connectivity index (χ2n) is 6.32. The normalized spacial score (nSPS) is 17.1. The molecule has 2 heterocycles. The van der Waals surface area contributed by atoms with Crippen LogP contribution in [0.5, 0.6) is 5.75 Å². The molecule has 3 rings (SSSR count). The fourth-order valence-electron chi connectivity index (χ4n) is 3.30. The van der Waals surface area contributed by atoms with Gasteiger partial charge < -0.3 is 4.74 Å². The minimum Gasteiger partial charge on any atom is -0.476 e. The Morgan fingerprint density at radius 2 is 2.23 bits per heavy atom. The summed E-state index contributed by atoms with van der Waals surface area (Å²) >= 11 is 6.04. The Kier molecular flexibility index (Phi) is 4.80. The maximum Gasteiger partial charge on any atom is 0.334 e. The van der Waals surface area contributed by atoms with E-state index >= 15 is 0 Å². The molecule has 0 radical (unpaired) electrons. The van der Waals surface area contributed by atoms with Crippen LogP contribution in [0.15, 0.2) is 16.9 Å². The second kappa shape index (κ2) is 6.90. The molecule has 0 saturated heterocycles. The molecule has 0 fully saturated rings. The molecule has 1 aliphatic heterocycles. The van der Waals surface area contributed by atoms with Gasteiger partial charge in [0.05, 0.1) is 16.4 Å². The average molecular weight is 374 g/mol. The van der Waals surface area contributed by atoms with E-state index in [0.717, 1.165) is 23.5 Å². The molecular formula is C19H17ClFN3O2. The van der Waals surface area contributed by atoms with Gasteiger partial charge in [0.15, 0.2) is 6.10 Å². The van der Waals surface area contributed by atoms with E-state index in [1.165, 1.54) is 6.07 Å². The lowest BCUT2D eigenvalue weighted by molar-refractivity contribution is 0.278. The Balaban J connectivity index is 2.25.